The maximum absolute atomic E-state index is 12.0. The molecule has 26 heavy (non-hydrogen) atoms. The standard InChI is InChI=1S/C21H22N2O3/c1-16(18-6-4-3-5-7-18)15-23-21(24)11-9-17-8-10-19(26-13-12-22)20(14-17)25-2/h3-11,14,16H,13,15H2,1-2H3,(H,23,24)/b11-9+/t16-/m1/s1. The van der Waals surface area contributed by atoms with E-state index in [1.807, 2.05) is 24.3 Å². The molecular formula is C21H22N2O3. The minimum atomic E-state index is -0.156. The highest BCUT2D eigenvalue weighted by atomic mass is 16.5. The van der Waals surface area contributed by atoms with Gasteiger partial charge in [-0.15, -0.1) is 0 Å². The summed E-state index contributed by atoms with van der Waals surface area (Å²) in [6.45, 7) is 2.59. The molecule has 134 valence electrons. The lowest BCUT2D eigenvalue weighted by atomic mass is 10.0. The second kappa shape index (κ2) is 9.90. The number of rotatable bonds is 8. The molecule has 0 aromatic heterocycles. The van der Waals surface area contributed by atoms with E-state index in [0.29, 0.717) is 18.0 Å². The third kappa shape index (κ3) is 5.67. The Morgan fingerprint density at radius 3 is 2.69 bits per heavy atom. The van der Waals surface area contributed by atoms with E-state index in [9.17, 15) is 4.79 Å². The lowest BCUT2D eigenvalue weighted by Gasteiger charge is -2.12. The number of nitrogens with one attached hydrogen (secondary N) is 1. The highest BCUT2D eigenvalue weighted by molar-refractivity contribution is 5.91. The monoisotopic (exact) mass is 350 g/mol. The third-order valence-electron chi connectivity index (χ3n) is 3.86. The molecule has 2 rings (SSSR count). The molecule has 0 heterocycles. The van der Waals surface area contributed by atoms with Gasteiger partial charge in [0.15, 0.2) is 18.1 Å². The minimum absolute atomic E-state index is 0.0481. The zero-order chi connectivity index (χ0) is 18.8. The average Bonchev–Trinajstić information content (AvgIpc) is 2.69. The van der Waals surface area contributed by atoms with Crippen molar-refractivity contribution >= 4 is 12.0 Å². The summed E-state index contributed by atoms with van der Waals surface area (Å²) in [6.07, 6.45) is 3.20. The fourth-order valence-corrected chi connectivity index (χ4v) is 2.40. The lowest BCUT2D eigenvalue weighted by molar-refractivity contribution is -0.116. The Hall–Kier alpha value is -3.26. The van der Waals surface area contributed by atoms with Crippen LogP contribution in [-0.4, -0.2) is 26.2 Å². The van der Waals surface area contributed by atoms with E-state index >= 15 is 0 Å². The number of methoxy groups -OCH3 is 1. The number of amides is 1. The number of nitrogens with zero attached hydrogens (tertiary/aromatic N) is 1. The van der Waals surface area contributed by atoms with Crippen LogP contribution in [0, 0.1) is 11.3 Å². The Bertz CT molecular complexity index is 795. The lowest BCUT2D eigenvalue weighted by Crippen LogP contribution is -2.25. The van der Waals surface area contributed by atoms with Gasteiger partial charge in [0.2, 0.25) is 5.91 Å². The molecule has 0 saturated heterocycles. The van der Waals surface area contributed by atoms with Crippen molar-refractivity contribution in [3.8, 4) is 17.6 Å². The van der Waals surface area contributed by atoms with Gasteiger partial charge in [0.25, 0.3) is 0 Å². The van der Waals surface area contributed by atoms with Crippen LogP contribution in [-0.2, 0) is 4.79 Å². The molecule has 0 spiro atoms. The number of nitriles is 1. The Kier molecular flexibility index (Phi) is 7.26. The predicted molar refractivity (Wildman–Crippen MR) is 101 cm³/mol. The summed E-state index contributed by atoms with van der Waals surface area (Å²) in [6, 6.07) is 17.2. The van der Waals surface area contributed by atoms with Crippen molar-refractivity contribution in [2.45, 2.75) is 12.8 Å². The summed E-state index contributed by atoms with van der Waals surface area (Å²) in [5.41, 5.74) is 1.99. The molecular weight excluding hydrogens is 328 g/mol. The van der Waals surface area contributed by atoms with E-state index < -0.39 is 0 Å². The second-order valence-electron chi connectivity index (χ2n) is 5.75. The highest BCUT2D eigenvalue weighted by Gasteiger charge is 2.07. The predicted octanol–water partition coefficient (Wildman–Crippen LogP) is 3.53. The van der Waals surface area contributed by atoms with Gasteiger partial charge in [0, 0.05) is 12.6 Å². The number of hydrogen-bond donors (Lipinski definition) is 1. The van der Waals surface area contributed by atoms with Crippen molar-refractivity contribution in [1.29, 1.82) is 5.26 Å². The topological polar surface area (TPSA) is 71.3 Å². The van der Waals surface area contributed by atoms with Crippen LogP contribution in [0.4, 0.5) is 0 Å². The zero-order valence-electron chi connectivity index (χ0n) is 14.9. The van der Waals surface area contributed by atoms with E-state index in [1.54, 1.807) is 24.3 Å². The van der Waals surface area contributed by atoms with Gasteiger partial charge < -0.3 is 14.8 Å². The van der Waals surface area contributed by atoms with Gasteiger partial charge in [-0.25, -0.2) is 0 Å². The smallest absolute Gasteiger partial charge is 0.244 e. The Balaban J connectivity index is 1.92. The summed E-state index contributed by atoms with van der Waals surface area (Å²) >= 11 is 0. The maximum atomic E-state index is 12.0. The Morgan fingerprint density at radius 2 is 2.00 bits per heavy atom. The molecule has 5 heteroatoms. The van der Waals surface area contributed by atoms with Crippen LogP contribution in [0.15, 0.2) is 54.6 Å². The van der Waals surface area contributed by atoms with Crippen LogP contribution in [0.2, 0.25) is 0 Å². The average molecular weight is 350 g/mol. The summed E-state index contributed by atoms with van der Waals surface area (Å²) in [4.78, 5) is 12.0. The molecule has 5 nitrogen and oxygen atoms in total. The first-order chi connectivity index (χ1) is 12.6. The van der Waals surface area contributed by atoms with Crippen LogP contribution in [0.3, 0.4) is 0 Å². The molecule has 2 aromatic rings. The highest BCUT2D eigenvalue weighted by Crippen LogP contribution is 2.28. The molecule has 0 bridgehead atoms. The van der Waals surface area contributed by atoms with E-state index in [0.717, 1.165) is 5.56 Å². The number of carbonyl (C=O) groups excluding carboxylic acids is 1. The summed E-state index contributed by atoms with van der Waals surface area (Å²) < 4.78 is 10.5. The molecule has 1 amide bonds. The van der Waals surface area contributed by atoms with Crippen LogP contribution >= 0.6 is 0 Å². The first-order valence-corrected chi connectivity index (χ1v) is 8.32. The number of carbonyl (C=O) groups is 1. The fourth-order valence-electron chi connectivity index (χ4n) is 2.40. The zero-order valence-corrected chi connectivity index (χ0v) is 14.9. The largest absolute Gasteiger partial charge is 0.493 e. The first-order valence-electron chi connectivity index (χ1n) is 8.32. The van der Waals surface area contributed by atoms with E-state index in [2.05, 4.69) is 24.4 Å². The van der Waals surface area contributed by atoms with E-state index in [1.165, 1.54) is 18.7 Å². The van der Waals surface area contributed by atoms with Crippen molar-refractivity contribution in [3.63, 3.8) is 0 Å². The molecule has 0 aliphatic carbocycles. The molecule has 0 aliphatic heterocycles. The van der Waals surface area contributed by atoms with Gasteiger partial charge in [-0.3, -0.25) is 4.79 Å². The molecule has 2 aromatic carbocycles. The van der Waals surface area contributed by atoms with Crippen LogP contribution in [0.5, 0.6) is 11.5 Å². The van der Waals surface area contributed by atoms with Crippen molar-refractivity contribution in [2.75, 3.05) is 20.3 Å². The molecule has 0 fully saturated rings. The van der Waals surface area contributed by atoms with Crippen molar-refractivity contribution in [3.05, 3.63) is 65.7 Å². The summed E-state index contributed by atoms with van der Waals surface area (Å²) in [5, 5.41) is 11.5. The summed E-state index contributed by atoms with van der Waals surface area (Å²) in [5.74, 6) is 1.09. The quantitative estimate of drug-likeness (QED) is 0.739. The van der Waals surface area contributed by atoms with Gasteiger partial charge in [-0.1, -0.05) is 43.3 Å². The van der Waals surface area contributed by atoms with Crippen molar-refractivity contribution in [2.24, 2.45) is 0 Å². The molecule has 1 N–H and O–H groups in total. The summed E-state index contributed by atoms with van der Waals surface area (Å²) in [7, 11) is 1.53. The van der Waals surface area contributed by atoms with Gasteiger partial charge in [0.05, 0.1) is 7.11 Å². The fraction of sp³-hybridized carbons (Fsp3) is 0.238. The number of benzene rings is 2. The second-order valence-corrected chi connectivity index (χ2v) is 5.75. The van der Waals surface area contributed by atoms with Gasteiger partial charge in [0.1, 0.15) is 6.07 Å². The van der Waals surface area contributed by atoms with E-state index in [-0.39, 0.29) is 18.4 Å². The molecule has 0 unspecified atom stereocenters. The first kappa shape index (κ1) is 19.1. The molecule has 0 radical (unpaired) electrons. The maximum Gasteiger partial charge on any atom is 0.244 e. The SMILES string of the molecule is COc1cc(/C=C/C(=O)NC[C@@H](C)c2ccccc2)ccc1OCC#N. The van der Waals surface area contributed by atoms with Crippen LogP contribution < -0.4 is 14.8 Å². The van der Waals surface area contributed by atoms with Gasteiger partial charge in [-0.05, 0) is 35.3 Å². The van der Waals surface area contributed by atoms with Crippen LogP contribution in [0.1, 0.15) is 24.0 Å². The van der Waals surface area contributed by atoms with Crippen molar-refractivity contribution in [1.82, 2.24) is 5.32 Å². The Morgan fingerprint density at radius 1 is 1.23 bits per heavy atom. The Labute approximate surface area is 153 Å². The van der Waals surface area contributed by atoms with Crippen molar-refractivity contribution < 1.29 is 14.3 Å². The molecule has 1 atom stereocenters. The minimum Gasteiger partial charge on any atom is -0.493 e. The normalized spacial score (nSPS) is 11.6. The van der Waals surface area contributed by atoms with Gasteiger partial charge in [-0.2, -0.15) is 5.26 Å². The van der Waals surface area contributed by atoms with E-state index in [4.69, 9.17) is 14.7 Å². The van der Waals surface area contributed by atoms with Gasteiger partial charge >= 0.3 is 0 Å². The molecule has 0 saturated carbocycles. The third-order valence-corrected chi connectivity index (χ3v) is 3.86. The number of ether oxygens (including phenoxy) is 2. The molecule has 0 aliphatic rings. The number of hydrogen-bond acceptors (Lipinski definition) is 4. The van der Waals surface area contributed by atoms with Crippen LogP contribution in [0.25, 0.3) is 6.08 Å².